The Morgan fingerprint density at radius 1 is 0.929 bits per heavy atom. The average Bonchev–Trinajstić information content (AvgIpc) is 3.42. The standard InChI is InChI=1S/C22H25N3O3/c1-28-18-12-6-11-16-19(18)23-13-17-20(16)24(14-7-2-3-8-14)22(27)25(21(17)26)15-9-4-5-10-15/h6,11-15H,2-5,7-10H2,1H3. The van der Waals surface area contributed by atoms with E-state index in [-0.39, 0.29) is 23.3 Å². The van der Waals surface area contributed by atoms with E-state index in [2.05, 4.69) is 4.98 Å². The summed E-state index contributed by atoms with van der Waals surface area (Å²) in [5.41, 5.74) is 1.08. The van der Waals surface area contributed by atoms with Crippen LogP contribution >= 0.6 is 0 Å². The van der Waals surface area contributed by atoms with Crippen molar-refractivity contribution in [3.8, 4) is 5.75 Å². The van der Waals surface area contributed by atoms with Crippen LogP contribution in [0.3, 0.4) is 0 Å². The summed E-state index contributed by atoms with van der Waals surface area (Å²) < 4.78 is 8.91. The van der Waals surface area contributed by atoms with Crippen molar-refractivity contribution in [3.63, 3.8) is 0 Å². The monoisotopic (exact) mass is 379 g/mol. The molecule has 2 aliphatic rings. The van der Waals surface area contributed by atoms with E-state index in [9.17, 15) is 9.59 Å². The summed E-state index contributed by atoms with van der Waals surface area (Å²) >= 11 is 0. The van der Waals surface area contributed by atoms with Gasteiger partial charge >= 0.3 is 5.69 Å². The molecule has 2 fully saturated rings. The maximum atomic E-state index is 13.7. The maximum absolute atomic E-state index is 13.7. The van der Waals surface area contributed by atoms with Crippen LogP contribution in [0.1, 0.15) is 63.5 Å². The lowest BCUT2D eigenvalue weighted by molar-refractivity contribution is 0.418. The third-order valence-corrected chi connectivity index (χ3v) is 6.53. The third-order valence-electron chi connectivity index (χ3n) is 6.53. The second-order valence-corrected chi connectivity index (χ2v) is 8.08. The van der Waals surface area contributed by atoms with Crippen molar-refractivity contribution in [2.45, 2.75) is 63.5 Å². The van der Waals surface area contributed by atoms with E-state index < -0.39 is 0 Å². The molecule has 5 rings (SSSR count). The Balaban J connectivity index is 1.93. The zero-order valence-corrected chi connectivity index (χ0v) is 16.2. The molecule has 2 saturated carbocycles. The van der Waals surface area contributed by atoms with Gasteiger partial charge in [-0.25, -0.2) is 4.79 Å². The number of hydrogen-bond donors (Lipinski definition) is 0. The quantitative estimate of drug-likeness (QED) is 0.646. The summed E-state index contributed by atoms with van der Waals surface area (Å²) in [4.78, 5) is 31.6. The van der Waals surface area contributed by atoms with Gasteiger partial charge in [-0.15, -0.1) is 0 Å². The fourth-order valence-corrected chi connectivity index (χ4v) is 5.18. The molecule has 0 radical (unpaired) electrons. The van der Waals surface area contributed by atoms with Crippen LogP contribution in [0.25, 0.3) is 21.8 Å². The molecule has 0 spiro atoms. The van der Waals surface area contributed by atoms with Crippen LogP contribution in [0.4, 0.5) is 0 Å². The Bertz CT molecular complexity index is 1170. The highest BCUT2D eigenvalue weighted by Gasteiger charge is 2.28. The maximum Gasteiger partial charge on any atom is 0.332 e. The minimum absolute atomic E-state index is 0.0121. The summed E-state index contributed by atoms with van der Waals surface area (Å²) in [7, 11) is 1.61. The van der Waals surface area contributed by atoms with Gasteiger partial charge in [-0.1, -0.05) is 37.8 Å². The molecule has 0 unspecified atom stereocenters. The molecule has 2 heterocycles. The summed E-state index contributed by atoms with van der Waals surface area (Å²) in [5, 5.41) is 1.36. The van der Waals surface area contributed by atoms with Crippen molar-refractivity contribution in [2.75, 3.05) is 7.11 Å². The van der Waals surface area contributed by atoms with Gasteiger partial charge in [0.1, 0.15) is 11.3 Å². The number of nitrogens with zero attached hydrogens (tertiary/aromatic N) is 3. The van der Waals surface area contributed by atoms with Crippen LogP contribution in [0.2, 0.25) is 0 Å². The van der Waals surface area contributed by atoms with Crippen molar-refractivity contribution in [1.82, 2.24) is 14.1 Å². The highest BCUT2D eigenvalue weighted by molar-refractivity contribution is 6.04. The first kappa shape index (κ1) is 17.5. The predicted octanol–water partition coefficient (Wildman–Crippen LogP) is 3.95. The van der Waals surface area contributed by atoms with Crippen LogP contribution in [-0.2, 0) is 0 Å². The number of para-hydroxylation sites is 1. The van der Waals surface area contributed by atoms with Gasteiger partial charge in [0.05, 0.1) is 18.0 Å². The molecule has 0 saturated heterocycles. The van der Waals surface area contributed by atoms with Gasteiger partial charge in [0.2, 0.25) is 0 Å². The lowest BCUT2D eigenvalue weighted by Crippen LogP contribution is -2.42. The summed E-state index contributed by atoms with van der Waals surface area (Å²) in [5.74, 6) is 0.657. The van der Waals surface area contributed by atoms with E-state index in [1.807, 2.05) is 22.8 Å². The van der Waals surface area contributed by atoms with Crippen molar-refractivity contribution in [1.29, 1.82) is 0 Å². The highest BCUT2D eigenvalue weighted by Crippen LogP contribution is 2.35. The molecule has 6 nitrogen and oxygen atoms in total. The van der Waals surface area contributed by atoms with E-state index in [4.69, 9.17) is 4.74 Å². The van der Waals surface area contributed by atoms with E-state index in [0.717, 1.165) is 62.3 Å². The van der Waals surface area contributed by atoms with Gasteiger partial charge in [0.25, 0.3) is 5.56 Å². The van der Waals surface area contributed by atoms with Gasteiger partial charge in [-0.3, -0.25) is 18.9 Å². The second-order valence-electron chi connectivity index (χ2n) is 8.08. The van der Waals surface area contributed by atoms with Crippen LogP contribution in [0.5, 0.6) is 5.75 Å². The minimum atomic E-state index is -0.196. The number of rotatable bonds is 3. The lowest BCUT2D eigenvalue weighted by atomic mass is 10.1. The average molecular weight is 379 g/mol. The molecule has 0 atom stereocenters. The van der Waals surface area contributed by atoms with Crippen molar-refractivity contribution < 1.29 is 4.74 Å². The second kappa shape index (κ2) is 6.76. The Morgan fingerprint density at radius 2 is 1.57 bits per heavy atom. The number of fused-ring (bicyclic) bond motifs is 3. The van der Waals surface area contributed by atoms with E-state index in [1.54, 1.807) is 13.3 Å². The Morgan fingerprint density at radius 3 is 2.21 bits per heavy atom. The van der Waals surface area contributed by atoms with Crippen LogP contribution in [-0.4, -0.2) is 21.2 Å². The van der Waals surface area contributed by atoms with Crippen molar-refractivity contribution in [3.05, 3.63) is 45.2 Å². The lowest BCUT2D eigenvalue weighted by Gasteiger charge is -2.22. The molecule has 2 aliphatic carbocycles. The molecule has 28 heavy (non-hydrogen) atoms. The Labute approximate surface area is 162 Å². The zero-order chi connectivity index (χ0) is 19.3. The van der Waals surface area contributed by atoms with Crippen LogP contribution in [0.15, 0.2) is 34.0 Å². The minimum Gasteiger partial charge on any atom is -0.494 e. The zero-order valence-electron chi connectivity index (χ0n) is 16.2. The number of pyridine rings is 1. The SMILES string of the molecule is COc1cccc2c1ncc1c(=O)n(C3CCCC3)c(=O)n(C3CCCC3)c12. The first-order chi connectivity index (χ1) is 13.7. The summed E-state index contributed by atoms with van der Waals surface area (Å²) in [6.45, 7) is 0. The number of benzene rings is 1. The Kier molecular flexibility index (Phi) is 4.22. The van der Waals surface area contributed by atoms with Gasteiger partial charge in [-0.05, 0) is 31.7 Å². The van der Waals surface area contributed by atoms with Crippen LogP contribution < -0.4 is 16.0 Å². The molecule has 3 aromatic rings. The molecule has 146 valence electrons. The molecule has 0 bridgehead atoms. The molecule has 6 heteroatoms. The van der Waals surface area contributed by atoms with Crippen molar-refractivity contribution in [2.24, 2.45) is 0 Å². The van der Waals surface area contributed by atoms with E-state index in [0.29, 0.717) is 16.7 Å². The third kappa shape index (κ3) is 2.50. The Hall–Kier alpha value is -2.63. The topological polar surface area (TPSA) is 66.1 Å². The molecule has 0 amide bonds. The van der Waals surface area contributed by atoms with Gasteiger partial charge < -0.3 is 4.74 Å². The molecule has 0 aliphatic heterocycles. The molecule has 0 N–H and O–H groups in total. The van der Waals surface area contributed by atoms with Gasteiger partial charge in [0, 0.05) is 23.7 Å². The largest absolute Gasteiger partial charge is 0.494 e. The van der Waals surface area contributed by atoms with Crippen LogP contribution in [0, 0.1) is 0 Å². The molecular weight excluding hydrogens is 354 g/mol. The number of ether oxygens (including phenoxy) is 1. The smallest absolute Gasteiger partial charge is 0.332 e. The van der Waals surface area contributed by atoms with Gasteiger partial charge in [0.15, 0.2) is 0 Å². The van der Waals surface area contributed by atoms with Gasteiger partial charge in [-0.2, -0.15) is 0 Å². The normalized spacial score (nSPS) is 18.5. The highest BCUT2D eigenvalue weighted by atomic mass is 16.5. The number of methoxy groups -OCH3 is 1. The first-order valence-corrected chi connectivity index (χ1v) is 10.3. The van der Waals surface area contributed by atoms with E-state index >= 15 is 0 Å². The summed E-state index contributed by atoms with van der Waals surface area (Å²) in [6, 6.07) is 5.85. The fourth-order valence-electron chi connectivity index (χ4n) is 5.18. The molecular formula is C22H25N3O3. The molecule has 1 aromatic carbocycles. The first-order valence-electron chi connectivity index (χ1n) is 10.3. The van der Waals surface area contributed by atoms with Crippen molar-refractivity contribution >= 4 is 21.8 Å². The number of aromatic nitrogens is 3. The fraction of sp³-hybridized carbons (Fsp3) is 0.500. The predicted molar refractivity (Wildman–Crippen MR) is 109 cm³/mol. The summed E-state index contributed by atoms with van der Waals surface area (Å²) in [6.07, 6.45) is 9.79. The molecule has 2 aromatic heterocycles. The van der Waals surface area contributed by atoms with E-state index in [1.165, 1.54) is 4.57 Å². The number of hydrogen-bond acceptors (Lipinski definition) is 4.